The van der Waals surface area contributed by atoms with Gasteiger partial charge in [0.05, 0.1) is 19.3 Å². The summed E-state index contributed by atoms with van der Waals surface area (Å²) in [5.41, 5.74) is 1.17. The molecule has 2 bridgehead atoms. The molecular formula is C16H19N3OS. The Balaban J connectivity index is 1.30. The molecule has 0 radical (unpaired) electrons. The predicted octanol–water partition coefficient (Wildman–Crippen LogP) is 2.72. The minimum absolute atomic E-state index is 0.419. The molecule has 4 rings (SSSR count). The first-order valence-corrected chi connectivity index (χ1v) is 8.39. The monoisotopic (exact) mass is 301 g/mol. The van der Waals surface area contributed by atoms with Crippen molar-refractivity contribution in [3.05, 3.63) is 46.7 Å². The third-order valence-corrected chi connectivity index (χ3v) is 5.36. The summed E-state index contributed by atoms with van der Waals surface area (Å²) in [5, 5.41) is 3.29. The van der Waals surface area contributed by atoms with E-state index in [1.54, 1.807) is 17.5 Å². The van der Waals surface area contributed by atoms with Gasteiger partial charge in [0.25, 0.3) is 0 Å². The summed E-state index contributed by atoms with van der Waals surface area (Å²) < 4.78 is 6.13. The lowest BCUT2D eigenvalue weighted by molar-refractivity contribution is -0.0117. The summed E-state index contributed by atoms with van der Waals surface area (Å²) in [5.74, 6) is 0.687. The molecular weight excluding hydrogens is 282 g/mol. The number of fused-ring (bicyclic) bond motifs is 2. The van der Waals surface area contributed by atoms with Gasteiger partial charge in [0.2, 0.25) is 0 Å². The third kappa shape index (κ3) is 2.86. The normalized spacial score (nSPS) is 28.3. The number of hydrogen-bond donors (Lipinski definition) is 0. The van der Waals surface area contributed by atoms with Crippen molar-refractivity contribution in [2.45, 2.75) is 38.1 Å². The van der Waals surface area contributed by atoms with E-state index in [1.807, 2.05) is 18.5 Å². The van der Waals surface area contributed by atoms with Crippen molar-refractivity contribution in [2.24, 2.45) is 5.92 Å². The summed E-state index contributed by atoms with van der Waals surface area (Å²) in [6, 6.07) is 4.72. The second kappa shape index (κ2) is 5.83. The Bertz CT molecular complexity index is 574. The highest BCUT2D eigenvalue weighted by Gasteiger charge is 2.45. The van der Waals surface area contributed by atoms with Gasteiger partial charge in [-0.2, -0.15) is 0 Å². The Morgan fingerprint density at radius 2 is 2.33 bits per heavy atom. The van der Waals surface area contributed by atoms with Gasteiger partial charge in [0.1, 0.15) is 5.01 Å². The third-order valence-electron chi connectivity index (χ3n) is 4.60. The van der Waals surface area contributed by atoms with E-state index >= 15 is 0 Å². The molecule has 1 saturated heterocycles. The second-order valence-electron chi connectivity index (χ2n) is 5.95. The van der Waals surface area contributed by atoms with Crippen molar-refractivity contribution < 1.29 is 4.74 Å². The van der Waals surface area contributed by atoms with Crippen molar-refractivity contribution in [1.82, 2.24) is 14.9 Å². The number of nitrogens with zero attached hydrogens (tertiary/aromatic N) is 3. The zero-order valence-corrected chi connectivity index (χ0v) is 12.7. The lowest BCUT2D eigenvalue weighted by Crippen LogP contribution is -2.38. The van der Waals surface area contributed by atoms with Crippen LogP contribution < -0.4 is 0 Å². The van der Waals surface area contributed by atoms with E-state index in [1.165, 1.54) is 17.0 Å². The van der Waals surface area contributed by atoms with Crippen LogP contribution >= 0.6 is 11.3 Å². The highest BCUT2D eigenvalue weighted by Crippen LogP contribution is 2.40. The molecule has 3 atom stereocenters. The van der Waals surface area contributed by atoms with Gasteiger partial charge in [0.15, 0.2) is 0 Å². The Morgan fingerprint density at radius 3 is 3.05 bits per heavy atom. The topological polar surface area (TPSA) is 38.2 Å². The minimum Gasteiger partial charge on any atom is -0.373 e. The summed E-state index contributed by atoms with van der Waals surface area (Å²) >= 11 is 1.75. The number of thiazole rings is 1. The van der Waals surface area contributed by atoms with Crippen LogP contribution in [0.15, 0.2) is 36.1 Å². The average molecular weight is 301 g/mol. The fraction of sp³-hybridized carbons (Fsp3) is 0.500. The van der Waals surface area contributed by atoms with Gasteiger partial charge >= 0.3 is 0 Å². The summed E-state index contributed by atoms with van der Waals surface area (Å²) in [6.07, 6.45) is 8.45. The maximum absolute atomic E-state index is 6.13. The first-order valence-electron chi connectivity index (χ1n) is 7.51. The quantitative estimate of drug-likeness (QED) is 0.851. The second-order valence-corrected chi connectivity index (χ2v) is 6.93. The van der Waals surface area contributed by atoms with Gasteiger partial charge in [-0.25, -0.2) is 4.98 Å². The van der Waals surface area contributed by atoms with Crippen molar-refractivity contribution in [1.29, 1.82) is 0 Å². The van der Waals surface area contributed by atoms with Gasteiger partial charge in [-0.3, -0.25) is 9.88 Å². The molecule has 2 aliphatic rings. The van der Waals surface area contributed by atoms with Gasteiger partial charge in [0, 0.05) is 36.6 Å². The first kappa shape index (κ1) is 13.4. The van der Waals surface area contributed by atoms with E-state index in [0.717, 1.165) is 19.5 Å². The van der Waals surface area contributed by atoms with Crippen LogP contribution in [0.4, 0.5) is 0 Å². The molecule has 1 aliphatic heterocycles. The number of hydrogen-bond acceptors (Lipinski definition) is 5. The van der Waals surface area contributed by atoms with E-state index in [2.05, 4.69) is 26.3 Å². The van der Waals surface area contributed by atoms with Crippen molar-refractivity contribution in [3.8, 4) is 0 Å². The number of piperidine rings is 1. The van der Waals surface area contributed by atoms with Crippen LogP contribution in [0.25, 0.3) is 0 Å². The number of aromatic nitrogens is 2. The molecule has 110 valence electrons. The van der Waals surface area contributed by atoms with Crippen molar-refractivity contribution in [3.63, 3.8) is 0 Å². The molecule has 0 unspecified atom stereocenters. The first-order chi connectivity index (χ1) is 10.4. The number of likely N-dealkylation sites (tertiary alicyclic amines) is 1. The fourth-order valence-electron chi connectivity index (χ4n) is 3.59. The zero-order chi connectivity index (χ0) is 14.1. The summed E-state index contributed by atoms with van der Waals surface area (Å²) in [4.78, 5) is 11.1. The van der Waals surface area contributed by atoms with Crippen LogP contribution in [0, 0.1) is 5.92 Å². The maximum Gasteiger partial charge on any atom is 0.107 e. The van der Waals surface area contributed by atoms with E-state index in [4.69, 9.17) is 4.74 Å². The minimum atomic E-state index is 0.419. The van der Waals surface area contributed by atoms with Crippen LogP contribution in [-0.2, 0) is 17.9 Å². The molecule has 1 saturated carbocycles. The molecule has 3 heterocycles. The SMILES string of the molecule is c1cncc(CO[C@H]2C[C@H]3C[C@H]2CN3Cc2nccs2)c1. The molecule has 2 fully saturated rings. The highest BCUT2D eigenvalue weighted by atomic mass is 32.1. The van der Waals surface area contributed by atoms with E-state index in [-0.39, 0.29) is 0 Å². The molecule has 0 N–H and O–H groups in total. The Kier molecular flexibility index (Phi) is 3.71. The predicted molar refractivity (Wildman–Crippen MR) is 81.9 cm³/mol. The lowest BCUT2D eigenvalue weighted by atomic mass is 10.1. The van der Waals surface area contributed by atoms with Gasteiger partial charge in [-0.15, -0.1) is 11.3 Å². The molecule has 0 spiro atoms. The number of pyridine rings is 1. The summed E-state index contributed by atoms with van der Waals surface area (Å²) in [6.45, 7) is 2.85. The molecule has 1 aliphatic carbocycles. The van der Waals surface area contributed by atoms with Crippen LogP contribution in [-0.4, -0.2) is 33.6 Å². The molecule has 2 aromatic rings. The Morgan fingerprint density at radius 1 is 1.33 bits per heavy atom. The molecule has 5 heteroatoms. The van der Waals surface area contributed by atoms with Crippen LogP contribution in [0.3, 0.4) is 0 Å². The molecule has 21 heavy (non-hydrogen) atoms. The lowest BCUT2D eigenvalue weighted by Gasteiger charge is -2.30. The summed E-state index contributed by atoms with van der Waals surface area (Å²) in [7, 11) is 0. The Labute approximate surface area is 128 Å². The zero-order valence-electron chi connectivity index (χ0n) is 11.9. The van der Waals surface area contributed by atoms with Gasteiger partial charge < -0.3 is 4.74 Å². The Hall–Kier alpha value is -1.30. The van der Waals surface area contributed by atoms with Gasteiger partial charge in [-0.05, 0) is 30.4 Å². The van der Waals surface area contributed by atoms with Crippen molar-refractivity contribution in [2.75, 3.05) is 6.54 Å². The fourth-order valence-corrected chi connectivity index (χ4v) is 4.23. The standard InChI is InChI=1S/C16H19N3OS/c1-2-12(8-17-3-1)11-20-15-7-14-6-13(15)9-19(14)10-16-18-4-5-21-16/h1-5,8,13-15H,6-7,9-11H2/t13-,14+,15-/m0/s1. The average Bonchev–Trinajstić information content (AvgIpc) is 3.23. The van der Waals surface area contributed by atoms with E-state index < -0.39 is 0 Å². The molecule has 2 aromatic heterocycles. The van der Waals surface area contributed by atoms with Crippen LogP contribution in [0.1, 0.15) is 23.4 Å². The molecule has 0 amide bonds. The van der Waals surface area contributed by atoms with E-state index in [0.29, 0.717) is 24.7 Å². The van der Waals surface area contributed by atoms with Crippen LogP contribution in [0.2, 0.25) is 0 Å². The van der Waals surface area contributed by atoms with Gasteiger partial charge in [-0.1, -0.05) is 6.07 Å². The maximum atomic E-state index is 6.13. The van der Waals surface area contributed by atoms with Crippen molar-refractivity contribution >= 4 is 11.3 Å². The molecule has 0 aromatic carbocycles. The smallest absolute Gasteiger partial charge is 0.107 e. The molecule has 4 nitrogen and oxygen atoms in total. The van der Waals surface area contributed by atoms with Crippen LogP contribution in [0.5, 0.6) is 0 Å². The van der Waals surface area contributed by atoms with E-state index in [9.17, 15) is 0 Å². The number of ether oxygens (including phenoxy) is 1. The number of rotatable bonds is 5. The largest absolute Gasteiger partial charge is 0.373 e. The highest BCUT2D eigenvalue weighted by molar-refractivity contribution is 7.09.